The molecule has 1 aromatic rings. The van der Waals surface area contributed by atoms with Gasteiger partial charge in [0.1, 0.15) is 11.9 Å². The number of hydrogen-bond acceptors (Lipinski definition) is 7. The molecule has 0 aliphatic carbocycles. The molecule has 0 saturated heterocycles. The lowest BCUT2D eigenvalue weighted by Gasteiger charge is -2.17. The number of hydrogen-bond donors (Lipinski definition) is 2. The van der Waals surface area contributed by atoms with Gasteiger partial charge >= 0.3 is 5.97 Å². The molecule has 0 heterocycles. The maximum atomic E-state index is 11.3. The maximum absolute atomic E-state index is 11.3. The van der Waals surface area contributed by atoms with Crippen LogP contribution in [0.15, 0.2) is 18.2 Å². The van der Waals surface area contributed by atoms with Crippen LogP contribution in [0.25, 0.3) is 0 Å². The van der Waals surface area contributed by atoms with Crippen LogP contribution in [-0.2, 0) is 9.53 Å². The fraction of sp³-hybridized carbons (Fsp3) is 0.417. The van der Waals surface area contributed by atoms with Gasteiger partial charge in [0.25, 0.3) is 5.69 Å². The van der Waals surface area contributed by atoms with E-state index >= 15 is 0 Å². The first-order valence-electron chi connectivity index (χ1n) is 5.77. The molecular weight excluding hydrogens is 270 g/mol. The van der Waals surface area contributed by atoms with Crippen molar-refractivity contribution in [3.8, 4) is 5.75 Å². The molecule has 0 radical (unpaired) electrons. The van der Waals surface area contributed by atoms with Gasteiger partial charge in [-0.1, -0.05) is 0 Å². The number of carbonyl (C=O) groups is 1. The van der Waals surface area contributed by atoms with Gasteiger partial charge in [-0.05, 0) is 19.1 Å². The van der Waals surface area contributed by atoms with Crippen LogP contribution in [0.2, 0.25) is 0 Å². The molecule has 0 aliphatic rings. The first-order chi connectivity index (χ1) is 9.42. The standard InChI is InChI=1S/C12H15NO7/c1-3-20-12(16)11(15)10(14)8-5-4-7(19-2)6-9(8)13(17)18/h4-6,10-11,14-15H,3H2,1-2H3/t10-,11+/m0/s1. The van der Waals surface area contributed by atoms with Gasteiger partial charge in [-0.3, -0.25) is 10.1 Å². The lowest BCUT2D eigenvalue weighted by atomic mass is 10.0. The van der Waals surface area contributed by atoms with E-state index in [1.165, 1.54) is 26.2 Å². The predicted molar refractivity (Wildman–Crippen MR) is 67.2 cm³/mol. The lowest BCUT2D eigenvalue weighted by Crippen LogP contribution is -2.30. The topological polar surface area (TPSA) is 119 Å². The summed E-state index contributed by atoms with van der Waals surface area (Å²) in [4.78, 5) is 21.6. The quantitative estimate of drug-likeness (QED) is 0.445. The second kappa shape index (κ2) is 6.83. The van der Waals surface area contributed by atoms with Crippen LogP contribution in [0, 0.1) is 10.1 Å². The first-order valence-corrected chi connectivity index (χ1v) is 5.77. The third kappa shape index (κ3) is 3.43. The van der Waals surface area contributed by atoms with Crippen LogP contribution in [-0.4, -0.2) is 40.9 Å². The summed E-state index contributed by atoms with van der Waals surface area (Å²) in [6, 6.07) is 3.68. The Balaban J connectivity index is 3.11. The molecule has 2 atom stereocenters. The molecule has 0 aromatic heterocycles. The molecule has 0 amide bonds. The van der Waals surface area contributed by atoms with Crippen LogP contribution in [0.4, 0.5) is 5.69 Å². The largest absolute Gasteiger partial charge is 0.497 e. The van der Waals surface area contributed by atoms with Crippen molar-refractivity contribution >= 4 is 11.7 Å². The van der Waals surface area contributed by atoms with Crippen molar-refractivity contribution in [1.82, 2.24) is 0 Å². The fourth-order valence-corrected chi connectivity index (χ4v) is 1.59. The number of ether oxygens (including phenoxy) is 2. The number of rotatable bonds is 6. The minimum Gasteiger partial charge on any atom is -0.497 e. The Morgan fingerprint density at radius 1 is 1.45 bits per heavy atom. The van der Waals surface area contributed by atoms with E-state index in [0.29, 0.717) is 0 Å². The third-order valence-electron chi connectivity index (χ3n) is 2.58. The van der Waals surface area contributed by atoms with Crippen molar-refractivity contribution in [2.75, 3.05) is 13.7 Å². The van der Waals surface area contributed by atoms with Crippen molar-refractivity contribution in [1.29, 1.82) is 0 Å². The van der Waals surface area contributed by atoms with E-state index in [4.69, 9.17) is 4.74 Å². The minimum atomic E-state index is -1.90. The van der Waals surface area contributed by atoms with Crippen LogP contribution in [0.1, 0.15) is 18.6 Å². The number of nitro benzene ring substituents is 1. The van der Waals surface area contributed by atoms with E-state index in [1.807, 2.05) is 0 Å². The number of nitro groups is 1. The molecule has 8 nitrogen and oxygen atoms in total. The Morgan fingerprint density at radius 2 is 2.10 bits per heavy atom. The Kier molecular flexibility index (Phi) is 5.42. The Bertz CT molecular complexity index is 503. The minimum absolute atomic E-state index is 0.0211. The molecule has 0 saturated carbocycles. The summed E-state index contributed by atoms with van der Waals surface area (Å²) in [5.74, 6) is -0.830. The molecule has 20 heavy (non-hydrogen) atoms. The van der Waals surface area contributed by atoms with Crippen LogP contribution in [0.3, 0.4) is 0 Å². The lowest BCUT2D eigenvalue weighted by molar-refractivity contribution is -0.386. The van der Waals surface area contributed by atoms with Gasteiger partial charge in [0.2, 0.25) is 0 Å². The first kappa shape index (κ1) is 15.9. The van der Waals surface area contributed by atoms with Gasteiger partial charge in [-0.2, -0.15) is 0 Å². The average molecular weight is 285 g/mol. The molecule has 0 unspecified atom stereocenters. The second-order valence-corrected chi connectivity index (χ2v) is 3.82. The van der Waals surface area contributed by atoms with Crippen LogP contribution in [0.5, 0.6) is 5.75 Å². The Morgan fingerprint density at radius 3 is 2.60 bits per heavy atom. The van der Waals surface area contributed by atoms with Crippen LogP contribution >= 0.6 is 0 Å². The average Bonchev–Trinajstić information content (AvgIpc) is 2.45. The van der Waals surface area contributed by atoms with E-state index in [9.17, 15) is 25.1 Å². The molecule has 0 bridgehead atoms. The SMILES string of the molecule is CCOC(=O)[C@H](O)[C@@H](O)c1ccc(OC)cc1[N+](=O)[O-]. The van der Waals surface area contributed by atoms with E-state index in [1.54, 1.807) is 0 Å². The number of nitrogens with zero attached hydrogens (tertiary/aromatic N) is 1. The molecule has 2 N–H and O–H groups in total. The van der Waals surface area contributed by atoms with Crippen molar-refractivity contribution in [3.05, 3.63) is 33.9 Å². The zero-order valence-corrected chi connectivity index (χ0v) is 11.0. The Hall–Kier alpha value is -2.19. The molecule has 1 aromatic carbocycles. The molecule has 0 fully saturated rings. The van der Waals surface area contributed by atoms with Crippen molar-refractivity contribution in [3.63, 3.8) is 0 Å². The highest BCUT2D eigenvalue weighted by molar-refractivity contribution is 5.75. The zero-order chi connectivity index (χ0) is 15.3. The Labute approximate surface area is 114 Å². The number of esters is 1. The number of methoxy groups -OCH3 is 1. The van der Waals surface area contributed by atoms with E-state index < -0.39 is 28.8 Å². The molecule has 110 valence electrons. The number of aliphatic hydroxyl groups is 2. The van der Waals surface area contributed by atoms with Crippen molar-refractivity contribution in [2.24, 2.45) is 0 Å². The number of aliphatic hydroxyl groups excluding tert-OH is 2. The van der Waals surface area contributed by atoms with Gasteiger partial charge in [0.15, 0.2) is 6.10 Å². The highest BCUT2D eigenvalue weighted by Gasteiger charge is 2.32. The van der Waals surface area contributed by atoms with Gasteiger partial charge in [0, 0.05) is 0 Å². The normalized spacial score (nSPS) is 13.4. The highest BCUT2D eigenvalue weighted by atomic mass is 16.6. The van der Waals surface area contributed by atoms with Crippen LogP contribution < -0.4 is 4.74 Å². The molecule has 0 aliphatic heterocycles. The van der Waals surface area contributed by atoms with Gasteiger partial charge in [0.05, 0.1) is 30.3 Å². The fourth-order valence-electron chi connectivity index (χ4n) is 1.59. The third-order valence-corrected chi connectivity index (χ3v) is 2.58. The molecule has 0 spiro atoms. The summed E-state index contributed by atoms with van der Waals surface area (Å²) < 4.78 is 9.39. The molecule has 8 heteroatoms. The summed E-state index contributed by atoms with van der Waals surface area (Å²) in [5.41, 5.74) is -0.656. The number of carbonyl (C=O) groups excluding carboxylic acids is 1. The second-order valence-electron chi connectivity index (χ2n) is 3.82. The summed E-state index contributed by atoms with van der Waals surface area (Å²) in [5, 5.41) is 30.5. The summed E-state index contributed by atoms with van der Waals surface area (Å²) in [6.07, 6.45) is -3.66. The van der Waals surface area contributed by atoms with Crippen molar-refractivity contribution < 1.29 is 29.4 Å². The maximum Gasteiger partial charge on any atom is 0.338 e. The van der Waals surface area contributed by atoms with Crippen molar-refractivity contribution in [2.45, 2.75) is 19.1 Å². The number of benzene rings is 1. The predicted octanol–water partition coefficient (Wildman–Crippen LogP) is 0.561. The monoisotopic (exact) mass is 285 g/mol. The summed E-state index contributed by atoms with van der Waals surface area (Å²) in [7, 11) is 1.34. The highest BCUT2D eigenvalue weighted by Crippen LogP contribution is 2.31. The van der Waals surface area contributed by atoms with E-state index in [-0.39, 0.29) is 17.9 Å². The smallest absolute Gasteiger partial charge is 0.338 e. The molecule has 1 rings (SSSR count). The molecular formula is C12H15NO7. The summed E-state index contributed by atoms with van der Waals surface area (Å²) in [6.45, 7) is 1.56. The van der Waals surface area contributed by atoms with Gasteiger partial charge < -0.3 is 19.7 Å². The van der Waals surface area contributed by atoms with Gasteiger partial charge in [-0.15, -0.1) is 0 Å². The van der Waals surface area contributed by atoms with E-state index in [0.717, 1.165) is 6.07 Å². The zero-order valence-electron chi connectivity index (χ0n) is 11.0. The van der Waals surface area contributed by atoms with E-state index in [2.05, 4.69) is 4.74 Å². The summed E-state index contributed by atoms with van der Waals surface area (Å²) >= 11 is 0. The van der Waals surface area contributed by atoms with Gasteiger partial charge in [-0.25, -0.2) is 4.79 Å².